The molecule has 0 bridgehead atoms. The summed E-state index contributed by atoms with van der Waals surface area (Å²) in [5.41, 5.74) is 1.69. The molecule has 0 aliphatic heterocycles. The Bertz CT molecular complexity index is 639. The number of rotatable bonds is 6. The van der Waals surface area contributed by atoms with Crippen molar-refractivity contribution >= 4 is 17.7 Å². The number of carbonyl (C=O) groups excluding carboxylic acids is 1. The van der Waals surface area contributed by atoms with Gasteiger partial charge in [0.15, 0.2) is 0 Å². The number of hydrogen-bond acceptors (Lipinski definition) is 3. The molecule has 2 rings (SSSR count). The van der Waals surface area contributed by atoms with E-state index in [0.717, 1.165) is 24.0 Å². The lowest BCUT2D eigenvalue weighted by Crippen LogP contribution is -2.07. The first-order chi connectivity index (χ1) is 11.7. The second-order valence-corrected chi connectivity index (χ2v) is 5.14. The minimum absolute atomic E-state index is 0.506. The van der Waals surface area contributed by atoms with E-state index < -0.39 is 6.16 Å². The number of ether oxygens (including phenoxy) is 2. The second kappa shape index (κ2) is 9.36. The van der Waals surface area contributed by atoms with Crippen molar-refractivity contribution < 1.29 is 14.3 Å². The van der Waals surface area contributed by atoms with Gasteiger partial charge in [-0.1, -0.05) is 74.5 Å². The fraction of sp³-hybridized carbons (Fsp3) is 0.190. The van der Waals surface area contributed by atoms with E-state index in [0.29, 0.717) is 11.5 Å². The van der Waals surface area contributed by atoms with Gasteiger partial charge in [0.25, 0.3) is 0 Å². The van der Waals surface area contributed by atoms with E-state index in [1.807, 2.05) is 86.7 Å². The molecular weight excluding hydrogens is 300 g/mol. The average Bonchev–Trinajstić information content (AvgIpc) is 2.62. The maximum Gasteiger partial charge on any atom is 0.519 e. The van der Waals surface area contributed by atoms with E-state index in [1.54, 1.807) is 0 Å². The van der Waals surface area contributed by atoms with Crippen LogP contribution in [0.25, 0.3) is 11.5 Å². The van der Waals surface area contributed by atoms with Gasteiger partial charge in [-0.05, 0) is 25.0 Å². The van der Waals surface area contributed by atoms with Gasteiger partial charge >= 0.3 is 6.16 Å². The summed E-state index contributed by atoms with van der Waals surface area (Å²) in [5, 5.41) is 0. The molecule has 0 fully saturated rings. The van der Waals surface area contributed by atoms with Gasteiger partial charge in [0.2, 0.25) is 0 Å². The zero-order chi connectivity index (χ0) is 17.2. The largest absolute Gasteiger partial charge is 0.519 e. The third-order valence-corrected chi connectivity index (χ3v) is 3.28. The summed E-state index contributed by atoms with van der Waals surface area (Å²) in [6.07, 6.45) is 4.51. The molecule has 0 unspecified atom stereocenters. The van der Waals surface area contributed by atoms with E-state index >= 15 is 0 Å². The van der Waals surface area contributed by atoms with Crippen molar-refractivity contribution in [3.8, 4) is 0 Å². The van der Waals surface area contributed by atoms with Gasteiger partial charge in [-0.2, -0.15) is 0 Å². The Morgan fingerprint density at radius 1 is 0.750 bits per heavy atom. The molecule has 2 aromatic carbocycles. The number of allylic oxidation sites excluding steroid dienone is 2. The lowest BCUT2D eigenvalue weighted by molar-refractivity contribution is 0.132. The first kappa shape index (κ1) is 17.5. The monoisotopic (exact) mass is 322 g/mol. The quantitative estimate of drug-likeness (QED) is 0.480. The highest BCUT2D eigenvalue weighted by Crippen LogP contribution is 2.21. The molecule has 0 N–H and O–H groups in total. The molecule has 124 valence electrons. The molecule has 0 aliphatic carbocycles. The Labute approximate surface area is 143 Å². The van der Waals surface area contributed by atoms with Gasteiger partial charge in [-0.3, -0.25) is 0 Å². The molecule has 3 nitrogen and oxygen atoms in total. The lowest BCUT2D eigenvalue weighted by atomic mass is 10.1. The van der Waals surface area contributed by atoms with E-state index in [-0.39, 0.29) is 0 Å². The van der Waals surface area contributed by atoms with Crippen LogP contribution in [0.3, 0.4) is 0 Å². The van der Waals surface area contributed by atoms with Gasteiger partial charge in [0, 0.05) is 11.1 Å². The molecule has 0 radical (unpaired) electrons. The number of hydrogen-bond donors (Lipinski definition) is 0. The summed E-state index contributed by atoms with van der Waals surface area (Å²) in [6, 6.07) is 19.0. The normalized spacial score (nSPS) is 11.9. The topological polar surface area (TPSA) is 35.5 Å². The van der Waals surface area contributed by atoms with E-state index in [2.05, 4.69) is 0 Å². The van der Waals surface area contributed by atoms with Crippen LogP contribution in [-0.4, -0.2) is 6.16 Å². The minimum atomic E-state index is -0.734. The van der Waals surface area contributed by atoms with Crippen molar-refractivity contribution in [3.63, 3.8) is 0 Å². The van der Waals surface area contributed by atoms with Crippen LogP contribution in [0.2, 0.25) is 0 Å². The van der Waals surface area contributed by atoms with Crippen LogP contribution in [0.4, 0.5) is 4.79 Å². The smallest absolute Gasteiger partial charge is 0.394 e. The van der Waals surface area contributed by atoms with Crippen LogP contribution < -0.4 is 0 Å². The Morgan fingerprint density at radius 3 is 1.46 bits per heavy atom. The standard InChI is InChI=1S/C21H22O3/c1-3-11-19(17-13-7-5-8-14-17)23-21(22)24-20(12-4-2)18-15-9-6-10-16-18/h5-16H,3-4H2,1-2H3. The fourth-order valence-corrected chi connectivity index (χ4v) is 2.21. The van der Waals surface area contributed by atoms with Gasteiger partial charge in [0.1, 0.15) is 11.5 Å². The van der Waals surface area contributed by atoms with Gasteiger partial charge in [-0.15, -0.1) is 0 Å². The summed E-state index contributed by atoms with van der Waals surface area (Å²) in [5.74, 6) is 1.01. The highest BCUT2D eigenvalue weighted by atomic mass is 16.7. The van der Waals surface area contributed by atoms with Crippen molar-refractivity contribution in [1.29, 1.82) is 0 Å². The van der Waals surface area contributed by atoms with Crippen LogP contribution in [0.15, 0.2) is 72.8 Å². The average molecular weight is 322 g/mol. The van der Waals surface area contributed by atoms with Crippen LogP contribution in [0.1, 0.15) is 37.8 Å². The van der Waals surface area contributed by atoms with Crippen molar-refractivity contribution in [2.75, 3.05) is 0 Å². The molecule has 24 heavy (non-hydrogen) atoms. The molecule has 0 saturated carbocycles. The third kappa shape index (κ3) is 5.13. The van der Waals surface area contributed by atoms with E-state index in [1.165, 1.54) is 0 Å². The van der Waals surface area contributed by atoms with Crippen LogP contribution in [-0.2, 0) is 9.47 Å². The minimum Gasteiger partial charge on any atom is -0.394 e. The van der Waals surface area contributed by atoms with Gasteiger partial charge in [0.05, 0.1) is 0 Å². The van der Waals surface area contributed by atoms with Crippen molar-refractivity contribution in [3.05, 3.63) is 83.9 Å². The van der Waals surface area contributed by atoms with E-state index in [9.17, 15) is 4.79 Å². The summed E-state index contributed by atoms with van der Waals surface area (Å²) < 4.78 is 10.9. The predicted octanol–water partition coefficient (Wildman–Crippen LogP) is 6.04. The number of benzene rings is 2. The Morgan fingerprint density at radius 2 is 1.12 bits per heavy atom. The highest BCUT2D eigenvalue weighted by Gasteiger charge is 2.14. The van der Waals surface area contributed by atoms with Crippen LogP contribution >= 0.6 is 0 Å². The zero-order valence-electron chi connectivity index (χ0n) is 14.1. The lowest BCUT2D eigenvalue weighted by Gasteiger charge is -2.12. The molecule has 0 heterocycles. The SMILES string of the molecule is CCC=C(OC(=O)OC(=CCC)c1ccccc1)c1ccccc1. The fourth-order valence-electron chi connectivity index (χ4n) is 2.21. The van der Waals surface area contributed by atoms with Crippen LogP contribution in [0.5, 0.6) is 0 Å². The Kier molecular flexibility index (Phi) is 6.84. The second-order valence-electron chi connectivity index (χ2n) is 5.14. The molecule has 0 spiro atoms. The third-order valence-electron chi connectivity index (χ3n) is 3.28. The summed E-state index contributed by atoms with van der Waals surface area (Å²) >= 11 is 0. The van der Waals surface area contributed by atoms with E-state index in [4.69, 9.17) is 9.47 Å². The van der Waals surface area contributed by atoms with Crippen molar-refractivity contribution in [2.24, 2.45) is 0 Å². The molecule has 2 aromatic rings. The highest BCUT2D eigenvalue weighted by molar-refractivity contribution is 5.78. The summed E-state index contributed by atoms with van der Waals surface area (Å²) in [4.78, 5) is 12.2. The molecule has 3 heteroatoms. The molecule has 0 saturated heterocycles. The van der Waals surface area contributed by atoms with Gasteiger partial charge < -0.3 is 9.47 Å². The summed E-state index contributed by atoms with van der Waals surface area (Å²) in [7, 11) is 0. The van der Waals surface area contributed by atoms with Crippen molar-refractivity contribution in [1.82, 2.24) is 0 Å². The molecule has 0 aliphatic rings. The Hall–Kier alpha value is -2.81. The molecular formula is C21H22O3. The first-order valence-electron chi connectivity index (χ1n) is 8.15. The molecule has 0 atom stereocenters. The van der Waals surface area contributed by atoms with Crippen molar-refractivity contribution in [2.45, 2.75) is 26.7 Å². The summed E-state index contributed by atoms with van der Waals surface area (Å²) in [6.45, 7) is 3.98. The predicted molar refractivity (Wildman–Crippen MR) is 97.0 cm³/mol. The van der Waals surface area contributed by atoms with Crippen LogP contribution in [0, 0.1) is 0 Å². The molecule has 0 amide bonds. The number of carbonyl (C=O) groups is 1. The zero-order valence-corrected chi connectivity index (χ0v) is 14.1. The Balaban J connectivity index is 2.13. The first-order valence-corrected chi connectivity index (χ1v) is 8.15. The van der Waals surface area contributed by atoms with Gasteiger partial charge in [-0.25, -0.2) is 4.79 Å². The molecule has 0 aromatic heterocycles. The maximum atomic E-state index is 12.2. The maximum absolute atomic E-state index is 12.2.